The van der Waals surface area contributed by atoms with Crippen molar-refractivity contribution >= 4 is 35.8 Å². The van der Waals surface area contributed by atoms with Gasteiger partial charge in [0.05, 0.1) is 12.8 Å². The van der Waals surface area contributed by atoms with Crippen molar-refractivity contribution in [2.24, 2.45) is 0 Å². The Kier molecular flexibility index (Phi) is 70.9. The van der Waals surface area contributed by atoms with E-state index in [9.17, 15) is 19.8 Å². The van der Waals surface area contributed by atoms with E-state index in [1.807, 2.05) is 0 Å². The van der Waals surface area contributed by atoms with Gasteiger partial charge in [0, 0.05) is 23.9 Å². The smallest absolute Gasteiger partial charge is 0.247 e. The third-order valence-electron chi connectivity index (χ3n) is 8.68. The average Bonchev–Trinajstić information content (AvgIpc) is 3.08. The summed E-state index contributed by atoms with van der Waals surface area (Å²) in [6.45, 7) is 16.0. The van der Waals surface area contributed by atoms with Crippen molar-refractivity contribution in [2.75, 3.05) is 0 Å². The molecular formula is C44H88O4Sn. The van der Waals surface area contributed by atoms with Crippen molar-refractivity contribution in [3.8, 4) is 0 Å². The molecule has 0 fully saturated rings. The number of hydrogen-bond donors (Lipinski definition) is 0. The number of unbranched alkanes of at least 4 members (excludes halogenated alkanes) is 30. The largest absolute Gasteiger partial charge is 0.355 e. The number of rotatable bonds is 34. The first-order chi connectivity index (χ1) is 23.4. The van der Waals surface area contributed by atoms with E-state index in [1.165, 1.54) is 180 Å². The van der Waals surface area contributed by atoms with E-state index in [4.69, 9.17) is 0 Å². The normalized spacial score (nSPS) is 10.1. The summed E-state index contributed by atoms with van der Waals surface area (Å²) in [5.74, 6) is -1.81. The van der Waals surface area contributed by atoms with Crippen LogP contribution in [0.5, 0.6) is 0 Å². The van der Waals surface area contributed by atoms with E-state index < -0.39 is 11.9 Å². The fraction of sp³-hybridized carbons (Fsp3) is 0.909. The molecular weight excluding hydrogens is 711 g/mol. The molecule has 4 nitrogen and oxygen atoms in total. The maximum absolute atomic E-state index is 10.2. The molecule has 292 valence electrons. The molecule has 0 saturated carbocycles. The Balaban J connectivity index is -0.000000212. The molecule has 0 bridgehead atoms. The summed E-state index contributed by atoms with van der Waals surface area (Å²) < 4.78 is 0. The van der Waals surface area contributed by atoms with Gasteiger partial charge in [-0.1, -0.05) is 247 Å². The summed E-state index contributed by atoms with van der Waals surface area (Å²) in [7, 11) is 0. The first-order valence-corrected chi connectivity index (χ1v) is 21.4. The average molecular weight is 800 g/mol. The minimum Gasteiger partial charge on any atom is -0.247 e. The molecule has 0 atom stereocenters. The van der Waals surface area contributed by atoms with Crippen LogP contribution in [0.2, 0.25) is 0 Å². The number of carbonyl (C=O) groups excluding carboxylic acids is 2. The van der Waals surface area contributed by atoms with Gasteiger partial charge < -0.3 is 0 Å². The van der Waals surface area contributed by atoms with Crippen LogP contribution < -0.4 is 0 Å². The summed E-state index contributed by atoms with van der Waals surface area (Å²) in [6, 6.07) is 0. The second kappa shape index (κ2) is 59.9. The van der Waals surface area contributed by atoms with Gasteiger partial charge >= 0.3 is 11.9 Å². The molecule has 0 N–H and O–H groups in total. The maximum Gasteiger partial charge on any atom is 0.355 e. The van der Waals surface area contributed by atoms with Gasteiger partial charge in [-0.15, -0.1) is 0 Å². The van der Waals surface area contributed by atoms with Gasteiger partial charge in [0.1, 0.15) is 0 Å². The third-order valence-corrected chi connectivity index (χ3v) is 8.68. The van der Waals surface area contributed by atoms with E-state index in [1.54, 1.807) is 0 Å². The maximum atomic E-state index is 10.2. The molecule has 0 heterocycles. The first kappa shape index (κ1) is 58.1. The van der Waals surface area contributed by atoms with E-state index in [2.05, 4.69) is 41.5 Å². The van der Waals surface area contributed by atoms with Crippen LogP contribution in [0.15, 0.2) is 0 Å². The molecule has 49 heavy (non-hydrogen) atoms. The molecule has 0 rings (SSSR count). The molecule has 5 heteroatoms. The van der Waals surface area contributed by atoms with Gasteiger partial charge in [0.25, 0.3) is 0 Å². The van der Waals surface area contributed by atoms with Crippen molar-refractivity contribution in [3.63, 3.8) is 0 Å². The topological polar surface area (TPSA) is 73.9 Å². The third kappa shape index (κ3) is 78.2. The zero-order valence-corrected chi connectivity index (χ0v) is 36.9. The monoisotopic (exact) mass is 801 g/mol. The Morgan fingerprint density at radius 2 is 0.449 bits per heavy atom. The Hall–Kier alpha value is -0.261. The molecule has 0 aromatic heterocycles. The summed E-state index contributed by atoms with van der Waals surface area (Å²) in [5.41, 5.74) is 0. The molecule has 0 spiro atoms. The van der Waals surface area contributed by atoms with Crippen LogP contribution in [0.25, 0.3) is 0 Å². The predicted molar refractivity (Wildman–Crippen MR) is 217 cm³/mol. The second-order valence-corrected chi connectivity index (χ2v) is 13.9. The van der Waals surface area contributed by atoms with Crippen LogP contribution in [0.4, 0.5) is 0 Å². The van der Waals surface area contributed by atoms with Crippen LogP contribution >= 0.6 is 0 Å². The van der Waals surface area contributed by atoms with Gasteiger partial charge in [-0.05, 0) is 12.8 Å². The first-order valence-electron chi connectivity index (χ1n) is 21.4. The molecule has 0 aromatic rings. The molecule has 0 aromatic carbocycles. The quantitative estimate of drug-likeness (QED) is 0.0480. The van der Waals surface area contributed by atoms with Crippen LogP contribution in [0.1, 0.15) is 259 Å². The SMILES string of the molecule is CCCCCCCCCCCCCCCCCC([O])=O.CCCCCCCCCCCCCCCCCC([O])=O.[CH2]CCC.[CH2]CCC.[Sn]. The van der Waals surface area contributed by atoms with Crippen molar-refractivity contribution in [1.29, 1.82) is 0 Å². The Bertz CT molecular complexity index is 503. The molecule has 0 aliphatic rings. The summed E-state index contributed by atoms with van der Waals surface area (Å²) in [6.07, 6.45) is 44.3. The Labute approximate surface area is 326 Å². The molecule has 8 radical (unpaired) electrons. The zero-order valence-electron chi connectivity index (χ0n) is 34.0. The van der Waals surface area contributed by atoms with Crippen LogP contribution in [-0.2, 0) is 19.8 Å². The summed E-state index contributed by atoms with van der Waals surface area (Å²) in [5, 5.41) is 20.4. The van der Waals surface area contributed by atoms with Gasteiger partial charge in [-0.25, -0.2) is 19.8 Å². The molecule has 0 aliphatic carbocycles. The molecule has 0 amide bonds. The van der Waals surface area contributed by atoms with Gasteiger partial charge in [0.2, 0.25) is 0 Å². The Morgan fingerprint density at radius 1 is 0.306 bits per heavy atom. The van der Waals surface area contributed by atoms with Crippen molar-refractivity contribution in [3.05, 3.63) is 13.8 Å². The number of carbonyl (C=O) groups is 2. The molecule has 0 saturated heterocycles. The molecule has 0 aliphatic heterocycles. The van der Waals surface area contributed by atoms with Crippen LogP contribution in [0.3, 0.4) is 0 Å². The minimum absolute atomic E-state index is 0. The van der Waals surface area contributed by atoms with Crippen molar-refractivity contribution in [2.45, 2.75) is 259 Å². The molecule has 0 unspecified atom stereocenters. The van der Waals surface area contributed by atoms with Crippen molar-refractivity contribution in [1.82, 2.24) is 0 Å². The van der Waals surface area contributed by atoms with Crippen molar-refractivity contribution < 1.29 is 19.8 Å². The van der Waals surface area contributed by atoms with E-state index in [0.717, 1.165) is 38.5 Å². The van der Waals surface area contributed by atoms with Gasteiger partial charge in [0.15, 0.2) is 0 Å². The predicted octanol–water partition coefficient (Wildman–Crippen LogP) is 15.3. The van der Waals surface area contributed by atoms with E-state index in [0.29, 0.717) is 0 Å². The van der Waals surface area contributed by atoms with Crippen LogP contribution in [0, 0.1) is 13.8 Å². The van der Waals surface area contributed by atoms with Crippen LogP contribution in [-0.4, -0.2) is 35.8 Å². The minimum atomic E-state index is -0.903. The Morgan fingerprint density at radius 3 is 0.571 bits per heavy atom. The summed E-state index contributed by atoms with van der Waals surface area (Å²) >= 11 is 0. The van der Waals surface area contributed by atoms with Gasteiger partial charge in [-0.2, -0.15) is 0 Å². The fourth-order valence-corrected chi connectivity index (χ4v) is 5.28. The van der Waals surface area contributed by atoms with E-state index >= 15 is 0 Å². The second-order valence-electron chi connectivity index (χ2n) is 13.9. The number of hydrogen-bond acceptors (Lipinski definition) is 2. The van der Waals surface area contributed by atoms with Gasteiger partial charge in [-0.3, -0.25) is 0 Å². The van der Waals surface area contributed by atoms with E-state index in [-0.39, 0.29) is 36.7 Å². The fourth-order valence-electron chi connectivity index (χ4n) is 5.28. The summed E-state index contributed by atoms with van der Waals surface area (Å²) in [4.78, 5) is 20.4. The zero-order chi connectivity index (χ0) is 36.6. The standard InChI is InChI=1S/2C18H35O2.2C4H9.Sn/c2*1-2-3-4-5-6-7-8-9-10-11-12-13-14-15-16-17-18(19)20;2*1-3-4-2;/h2*2-17H2,1H3;2*1,3-4H2,2H3;.